The second kappa shape index (κ2) is 8.16. The summed E-state index contributed by atoms with van der Waals surface area (Å²) in [6.45, 7) is 3.72. The molecule has 1 atom stereocenters. The molecule has 0 aliphatic rings. The van der Waals surface area contributed by atoms with E-state index < -0.39 is 23.3 Å². The molecule has 0 bridgehead atoms. The van der Waals surface area contributed by atoms with Crippen molar-refractivity contribution in [2.24, 2.45) is 0 Å². The van der Waals surface area contributed by atoms with E-state index in [0.29, 0.717) is 17.9 Å². The highest BCUT2D eigenvalue weighted by molar-refractivity contribution is 5.94. The molecule has 0 aliphatic heterocycles. The second-order valence-corrected chi connectivity index (χ2v) is 4.96. The highest BCUT2D eigenvalue weighted by atomic mass is 19.1. The van der Waals surface area contributed by atoms with E-state index in [0.717, 1.165) is 12.1 Å². The van der Waals surface area contributed by atoms with Crippen molar-refractivity contribution in [2.45, 2.75) is 6.10 Å². The van der Waals surface area contributed by atoms with Crippen LogP contribution in [0.4, 0.5) is 14.6 Å². The SMILES string of the molecule is C=CCNC(=O)c1ccc(NCC(O)c2c(F)cccc2F)nc1. The average molecular weight is 333 g/mol. The van der Waals surface area contributed by atoms with Gasteiger partial charge in [0.2, 0.25) is 0 Å². The van der Waals surface area contributed by atoms with Gasteiger partial charge in [-0.15, -0.1) is 6.58 Å². The van der Waals surface area contributed by atoms with Crippen molar-refractivity contribution in [3.05, 3.63) is 71.9 Å². The van der Waals surface area contributed by atoms with Gasteiger partial charge in [0, 0.05) is 19.3 Å². The van der Waals surface area contributed by atoms with Crippen LogP contribution in [0.2, 0.25) is 0 Å². The Morgan fingerprint density at radius 2 is 2.00 bits per heavy atom. The summed E-state index contributed by atoms with van der Waals surface area (Å²) in [5.41, 5.74) is -0.0338. The molecule has 1 aromatic carbocycles. The zero-order valence-corrected chi connectivity index (χ0v) is 12.8. The van der Waals surface area contributed by atoms with Gasteiger partial charge in [-0.05, 0) is 24.3 Å². The summed E-state index contributed by atoms with van der Waals surface area (Å²) < 4.78 is 27.2. The number of carbonyl (C=O) groups is 1. The van der Waals surface area contributed by atoms with E-state index >= 15 is 0 Å². The fourth-order valence-electron chi connectivity index (χ4n) is 2.03. The second-order valence-electron chi connectivity index (χ2n) is 4.96. The third-order valence-electron chi connectivity index (χ3n) is 3.24. The molecule has 0 aliphatic carbocycles. The van der Waals surface area contributed by atoms with Crippen LogP contribution in [0, 0.1) is 11.6 Å². The third-order valence-corrected chi connectivity index (χ3v) is 3.24. The van der Waals surface area contributed by atoms with Crippen molar-refractivity contribution in [3.8, 4) is 0 Å². The lowest BCUT2D eigenvalue weighted by Gasteiger charge is -2.14. The summed E-state index contributed by atoms with van der Waals surface area (Å²) in [6.07, 6.45) is 1.55. The first-order chi connectivity index (χ1) is 11.5. The number of halogens is 2. The minimum atomic E-state index is -1.37. The topological polar surface area (TPSA) is 74.2 Å². The first-order valence-corrected chi connectivity index (χ1v) is 7.24. The van der Waals surface area contributed by atoms with Crippen LogP contribution in [0.5, 0.6) is 0 Å². The molecule has 0 spiro atoms. The number of aliphatic hydroxyl groups is 1. The molecule has 1 heterocycles. The van der Waals surface area contributed by atoms with E-state index in [-0.39, 0.29) is 12.5 Å². The number of aliphatic hydroxyl groups excluding tert-OH is 1. The van der Waals surface area contributed by atoms with Crippen molar-refractivity contribution in [2.75, 3.05) is 18.4 Å². The Balaban J connectivity index is 1.97. The smallest absolute Gasteiger partial charge is 0.253 e. The maximum atomic E-state index is 13.6. The number of aromatic nitrogens is 1. The minimum Gasteiger partial charge on any atom is -0.386 e. The number of benzene rings is 1. The predicted molar refractivity (Wildman–Crippen MR) is 86.6 cm³/mol. The van der Waals surface area contributed by atoms with Gasteiger partial charge in [-0.2, -0.15) is 0 Å². The lowest BCUT2D eigenvalue weighted by atomic mass is 10.1. The standard InChI is InChI=1S/C17H17F2N3O2/c1-2-8-20-17(24)11-6-7-15(21-9-11)22-10-14(23)16-12(18)4-3-5-13(16)19/h2-7,9,14,23H,1,8,10H2,(H,20,24)(H,21,22). The van der Waals surface area contributed by atoms with Crippen LogP contribution in [0.15, 0.2) is 49.2 Å². The van der Waals surface area contributed by atoms with Gasteiger partial charge >= 0.3 is 0 Å². The molecule has 0 fully saturated rings. The molecule has 1 amide bonds. The number of rotatable bonds is 7. The van der Waals surface area contributed by atoms with Crippen molar-refractivity contribution in [1.82, 2.24) is 10.3 Å². The Kier molecular flexibility index (Phi) is 5.97. The molecular weight excluding hydrogens is 316 g/mol. The average Bonchev–Trinajstić information content (AvgIpc) is 2.58. The maximum absolute atomic E-state index is 13.6. The minimum absolute atomic E-state index is 0.132. The van der Waals surface area contributed by atoms with E-state index in [2.05, 4.69) is 22.2 Å². The molecular formula is C17H17F2N3O2. The van der Waals surface area contributed by atoms with Crippen molar-refractivity contribution in [1.29, 1.82) is 0 Å². The van der Waals surface area contributed by atoms with E-state index in [1.54, 1.807) is 12.1 Å². The van der Waals surface area contributed by atoms with Crippen molar-refractivity contribution in [3.63, 3.8) is 0 Å². The van der Waals surface area contributed by atoms with E-state index in [9.17, 15) is 18.7 Å². The Labute approximate surface area is 138 Å². The largest absolute Gasteiger partial charge is 0.386 e. The van der Waals surface area contributed by atoms with Gasteiger partial charge in [-0.3, -0.25) is 4.79 Å². The summed E-state index contributed by atoms with van der Waals surface area (Å²) in [4.78, 5) is 15.7. The predicted octanol–water partition coefficient (Wildman–Crippen LogP) is 2.42. The van der Waals surface area contributed by atoms with Gasteiger partial charge in [0.05, 0.1) is 11.1 Å². The van der Waals surface area contributed by atoms with Gasteiger partial charge < -0.3 is 15.7 Å². The number of hydrogen-bond acceptors (Lipinski definition) is 4. The zero-order valence-electron chi connectivity index (χ0n) is 12.8. The fourth-order valence-corrected chi connectivity index (χ4v) is 2.03. The van der Waals surface area contributed by atoms with Crippen molar-refractivity contribution >= 4 is 11.7 Å². The Morgan fingerprint density at radius 1 is 1.29 bits per heavy atom. The van der Waals surface area contributed by atoms with Gasteiger partial charge in [-0.25, -0.2) is 13.8 Å². The lowest BCUT2D eigenvalue weighted by Crippen LogP contribution is -2.23. The monoisotopic (exact) mass is 333 g/mol. The Bertz CT molecular complexity index is 700. The number of amides is 1. The van der Waals surface area contributed by atoms with E-state index in [1.165, 1.54) is 18.3 Å². The zero-order chi connectivity index (χ0) is 17.5. The maximum Gasteiger partial charge on any atom is 0.253 e. The Morgan fingerprint density at radius 3 is 2.58 bits per heavy atom. The molecule has 0 saturated carbocycles. The first-order valence-electron chi connectivity index (χ1n) is 7.24. The molecule has 2 aromatic rings. The number of anilines is 1. The molecule has 5 nitrogen and oxygen atoms in total. The number of nitrogens with one attached hydrogen (secondary N) is 2. The van der Waals surface area contributed by atoms with Gasteiger partial charge in [0.25, 0.3) is 5.91 Å². The molecule has 0 radical (unpaired) electrons. The summed E-state index contributed by atoms with van der Waals surface area (Å²) in [5.74, 6) is -1.55. The Hall–Kier alpha value is -2.80. The number of nitrogens with zero attached hydrogens (tertiary/aromatic N) is 1. The molecule has 7 heteroatoms. The van der Waals surface area contributed by atoms with Gasteiger partial charge in [-0.1, -0.05) is 12.1 Å². The first kappa shape index (κ1) is 17.6. The number of carbonyl (C=O) groups excluding carboxylic acids is 1. The molecule has 3 N–H and O–H groups in total. The van der Waals surface area contributed by atoms with Crippen LogP contribution in [0.3, 0.4) is 0 Å². The van der Waals surface area contributed by atoms with Gasteiger partial charge in [0.1, 0.15) is 23.6 Å². The van der Waals surface area contributed by atoms with Crippen LogP contribution in [0.1, 0.15) is 22.0 Å². The molecule has 126 valence electrons. The molecule has 24 heavy (non-hydrogen) atoms. The third kappa shape index (κ3) is 4.36. The number of pyridine rings is 1. The lowest BCUT2D eigenvalue weighted by molar-refractivity contribution is 0.0957. The summed E-state index contributed by atoms with van der Waals surface area (Å²) in [7, 11) is 0. The summed E-state index contributed by atoms with van der Waals surface area (Å²) >= 11 is 0. The molecule has 1 aromatic heterocycles. The van der Waals surface area contributed by atoms with E-state index in [1.807, 2.05) is 0 Å². The summed E-state index contributed by atoms with van der Waals surface area (Å²) in [5, 5.41) is 15.3. The normalized spacial score (nSPS) is 11.6. The van der Waals surface area contributed by atoms with Crippen LogP contribution in [0.25, 0.3) is 0 Å². The van der Waals surface area contributed by atoms with E-state index in [4.69, 9.17) is 0 Å². The van der Waals surface area contributed by atoms with Crippen LogP contribution >= 0.6 is 0 Å². The van der Waals surface area contributed by atoms with Crippen LogP contribution < -0.4 is 10.6 Å². The fraction of sp³-hybridized carbons (Fsp3) is 0.176. The van der Waals surface area contributed by atoms with Crippen LogP contribution in [-0.2, 0) is 0 Å². The summed E-state index contributed by atoms with van der Waals surface area (Å²) in [6, 6.07) is 6.47. The van der Waals surface area contributed by atoms with Gasteiger partial charge in [0.15, 0.2) is 0 Å². The highest BCUT2D eigenvalue weighted by Gasteiger charge is 2.17. The van der Waals surface area contributed by atoms with Crippen LogP contribution in [-0.4, -0.2) is 29.1 Å². The molecule has 1 unspecified atom stereocenters. The quantitative estimate of drug-likeness (QED) is 0.680. The molecule has 0 saturated heterocycles. The highest BCUT2D eigenvalue weighted by Crippen LogP contribution is 2.21. The molecule has 2 rings (SSSR count). The number of hydrogen-bond donors (Lipinski definition) is 3. The van der Waals surface area contributed by atoms with Crippen molar-refractivity contribution < 1.29 is 18.7 Å².